The molecular formula is C6H8N4O3. The monoisotopic (exact) mass is 184 g/mol. The van der Waals surface area contributed by atoms with Gasteiger partial charge in [-0.05, 0) is 6.92 Å². The Morgan fingerprint density at radius 1 is 1.54 bits per heavy atom. The molecule has 0 saturated carbocycles. The molecule has 0 bridgehead atoms. The number of ether oxygens (including phenoxy) is 1. The summed E-state index contributed by atoms with van der Waals surface area (Å²) in [5, 5.41) is 10.5. The molecule has 70 valence electrons. The van der Waals surface area contributed by atoms with Gasteiger partial charge in [-0.2, -0.15) is 4.98 Å². The first-order chi connectivity index (χ1) is 6.06. The van der Waals surface area contributed by atoms with Crippen LogP contribution in [0.15, 0.2) is 0 Å². The number of aryl methyl sites for hydroxylation is 1. The van der Waals surface area contributed by atoms with Crippen LogP contribution < -0.4 is 10.5 Å². The molecule has 1 rings (SSSR count). The zero-order valence-electron chi connectivity index (χ0n) is 7.14. The minimum Gasteiger partial charge on any atom is -0.476 e. The van der Waals surface area contributed by atoms with Gasteiger partial charge in [0.25, 0.3) is 5.88 Å². The molecule has 0 aliphatic heterocycles. The number of nitro groups is 1. The number of aromatic nitrogens is 2. The van der Waals surface area contributed by atoms with Crippen molar-refractivity contribution < 1.29 is 9.66 Å². The number of nitrogens with zero attached hydrogens (tertiary/aromatic N) is 3. The van der Waals surface area contributed by atoms with E-state index in [0.717, 1.165) is 0 Å². The number of hydrogen-bond acceptors (Lipinski definition) is 6. The molecule has 0 amide bonds. The highest BCUT2D eigenvalue weighted by Crippen LogP contribution is 2.28. The Bertz CT molecular complexity index is 352. The van der Waals surface area contributed by atoms with Crippen LogP contribution >= 0.6 is 0 Å². The van der Waals surface area contributed by atoms with Crippen molar-refractivity contribution in [1.82, 2.24) is 9.97 Å². The molecule has 7 nitrogen and oxygen atoms in total. The molecule has 1 heterocycles. The molecule has 2 N–H and O–H groups in total. The van der Waals surface area contributed by atoms with E-state index in [1.165, 1.54) is 7.11 Å². The molecule has 0 atom stereocenters. The molecule has 0 aliphatic rings. The van der Waals surface area contributed by atoms with Crippen LogP contribution in [0.3, 0.4) is 0 Å². The summed E-state index contributed by atoms with van der Waals surface area (Å²) in [6.07, 6.45) is 0. The molecule has 1 aromatic rings. The van der Waals surface area contributed by atoms with Crippen LogP contribution in [0.4, 0.5) is 11.5 Å². The van der Waals surface area contributed by atoms with Crippen LogP contribution in [-0.2, 0) is 0 Å². The van der Waals surface area contributed by atoms with Crippen molar-refractivity contribution in [2.45, 2.75) is 6.92 Å². The maximum Gasteiger partial charge on any atom is 0.372 e. The normalized spacial score (nSPS) is 9.69. The van der Waals surface area contributed by atoms with Crippen LogP contribution in [0.2, 0.25) is 0 Å². The van der Waals surface area contributed by atoms with Crippen molar-refractivity contribution >= 4 is 11.5 Å². The third-order valence-corrected chi connectivity index (χ3v) is 1.37. The molecular weight excluding hydrogens is 176 g/mol. The highest BCUT2D eigenvalue weighted by Gasteiger charge is 2.22. The summed E-state index contributed by atoms with van der Waals surface area (Å²) in [6, 6.07) is 0. The van der Waals surface area contributed by atoms with E-state index in [0.29, 0.717) is 5.82 Å². The highest BCUT2D eigenvalue weighted by molar-refractivity contribution is 5.58. The molecule has 0 saturated heterocycles. The van der Waals surface area contributed by atoms with E-state index in [1.807, 2.05) is 0 Å². The van der Waals surface area contributed by atoms with E-state index in [2.05, 4.69) is 9.97 Å². The van der Waals surface area contributed by atoms with Crippen LogP contribution in [0.5, 0.6) is 5.88 Å². The fraction of sp³-hybridized carbons (Fsp3) is 0.333. The van der Waals surface area contributed by atoms with Gasteiger partial charge in [0, 0.05) is 0 Å². The van der Waals surface area contributed by atoms with Gasteiger partial charge in [-0.25, -0.2) is 4.98 Å². The molecule has 0 unspecified atom stereocenters. The fourth-order valence-corrected chi connectivity index (χ4v) is 0.876. The molecule has 7 heteroatoms. The summed E-state index contributed by atoms with van der Waals surface area (Å²) in [5.74, 6) is 0.0318. The van der Waals surface area contributed by atoms with Crippen molar-refractivity contribution in [3.05, 3.63) is 15.9 Å². The van der Waals surface area contributed by atoms with Crippen LogP contribution in [0, 0.1) is 17.0 Å². The van der Waals surface area contributed by atoms with Crippen molar-refractivity contribution in [3.63, 3.8) is 0 Å². The van der Waals surface area contributed by atoms with Gasteiger partial charge in [0.1, 0.15) is 5.82 Å². The average molecular weight is 184 g/mol. The smallest absolute Gasteiger partial charge is 0.372 e. The Morgan fingerprint density at radius 2 is 2.15 bits per heavy atom. The predicted molar refractivity (Wildman–Crippen MR) is 44.4 cm³/mol. The van der Waals surface area contributed by atoms with Crippen LogP contribution in [0.25, 0.3) is 0 Å². The SMILES string of the molecule is COc1nc(C)nc(N)c1[N+](=O)[O-]. The van der Waals surface area contributed by atoms with E-state index < -0.39 is 10.6 Å². The predicted octanol–water partition coefficient (Wildman–Crippen LogP) is 0.284. The Balaban J connectivity index is 3.38. The number of methoxy groups -OCH3 is 1. The number of anilines is 1. The van der Waals surface area contributed by atoms with Gasteiger partial charge in [-0.1, -0.05) is 0 Å². The molecule has 0 fully saturated rings. The average Bonchev–Trinajstić information content (AvgIpc) is 2.01. The van der Waals surface area contributed by atoms with Gasteiger partial charge in [0.15, 0.2) is 0 Å². The van der Waals surface area contributed by atoms with Gasteiger partial charge in [-0.3, -0.25) is 10.1 Å². The second kappa shape index (κ2) is 3.21. The zero-order chi connectivity index (χ0) is 10.0. The van der Waals surface area contributed by atoms with E-state index in [9.17, 15) is 10.1 Å². The summed E-state index contributed by atoms with van der Waals surface area (Å²) in [5.41, 5.74) is 4.93. The minimum atomic E-state index is -0.673. The number of nitrogens with two attached hydrogens (primary N) is 1. The summed E-state index contributed by atoms with van der Waals surface area (Å²) in [7, 11) is 1.29. The summed E-state index contributed by atoms with van der Waals surface area (Å²) in [4.78, 5) is 17.2. The number of rotatable bonds is 2. The topological polar surface area (TPSA) is 104 Å². The minimum absolute atomic E-state index is 0.116. The van der Waals surface area contributed by atoms with E-state index in [-0.39, 0.29) is 11.7 Å². The lowest BCUT2D eigenvalue weighted by Crippen LogP contribution is -2.05. The molecule has 0 aromatic carbocycles. The Hall–Kier alpha value is -1.92. The van der Waals surface area contributed by atoms with Gasteiger partial charge >= 0.3 is 5.69 Å². The van der Waals surface area contributed by atoms with E-state index in [4.69, 9.17) is 10.5 Å². The molecule has 0 spiro atoms. The zero-order valence-corrected chi connectivity index (χ0v) is 7.14. The Morgan fingerprint density at radius 3 is 2.62 bits per heavy atom. The third kappa shape index (κ3) is 1.63. The van der Waals surface area contributed by atoms with E-state index in [1.54, 1.807) is 6.92 Å². The first kappa shape index (κ1) is 9.17. The molecule has 1 aromatic heterocycles. The lowest BCUT2D eigenvalue weighted by molar-refractivity contribution is -0.385. The molecule has 13 heavy (non-hydrogen) atoms. The van der Waals surface area contributed by atoms with Crippen molar-refractivity contribution in [1.29, 1.82) is 0 Å². The van der Waals surface area contributed by atoms with Gasteiger partial charge in [-0.15, -0.1) is 0 Å². The standard InChI is InChI=1S/C6H8N4O3/c1-3-8-5(7)4(10(11)12)6(9-3)13-2/h1-2H3,(H2,7,8,9). The first-order valence-corrected chi connectivity index (χ1v) is 3.38. The van der Waals surface area contributed by atoms with Crippen molar-refractivity contribution in [3.8, 4) is 5.88 Å². The number of hydrogen-bond donors (Lipinski definition) is 1. The van der Waals surface area contributed by atoms with Crippen molar-refractivity contribution in [2.24, 2.45) is 0 Å². The Labute approximate surface area is 73.7 Å². The maximum absolute atomic E-state index is 10.5. The summed E-state index contributed by atoms with van der Waals surface area (Å²) in [6.45, 7) is 1.57. The molecule has 0 radical (unpaired) electrons. The second-order valence-corrected chi connectivity index (χ2v) is 2.27. The summed E-state index contributed by atoms with van der Waals surface area (Å²) < 4.78 is 4.70. The highest BCUT2D eigenvalue weighted by atomic mass is 16.6. The molecule has 0 aliphatic carbocycles. The maximum atomic E-state index is 10.5. The lowest BCUT2D eigenvalue weighted by atomic mass is 10.4. The Kier molecular flexibility index (Phi) is 2.27. The van der Waals surface area contributed by atoms with Gasteiger partial charge in [0.05, 0.1) is 12.0 Å². The second-order valence-electron chi connectivity index (χ2n) is 2.27. The van der Waals surface area contributed by atoms with Crippen molar-refractivity contribution in [2.75, 3.05) is 12.8 Å². The van der Waals surface area contributed by atoms with Gasteiger partial charge in [0.2, 0.25) is 5.82 Å². The third-order valence-electron chi connectivity index (χ3n) is 1.37. The van der Waals surface area contributed by atoms with E-state index >= 15 is 0 Å². The van der Waals surface area contributed by atoms with Crippen LogP contribution in [-0.4, -0.2) is 22.0 Å². The van der Waals surface area contributed by atoms with Crippen LogP contribution in [0.1, 0.15) is 5.82 Å². The first-order valence-electron chi connectivity index (χ1n) is 3.38. The quantitative estimate of drug-likeness (QED) is 0.523. The lowest BCUT2D eigenvalue weighted by Gasteiger charge is -2.02. The fourth-order valence-electron chi connectivity index (χ4n) is 0.876. The number of nitrogen functional groups attached to an aromatic ring is 1. The largest absolute Gasteiger partial charge is 0.476 e. The summed E-state index contributed by atoms with van der Waals surface area (Å²) >= 11 is 0. The van der Waals surface area contributed by atoms with Gasteiger partial charge < -0.3 is 10.5 Å².